The number of thioether (sulfide) groups is 1. The van der Waals surface area contributed by atoms with E-state index < -0.39 is 0 Å². The standard InChI is InChI=1S/C17H16FNO2S/c1-21-15-5-3-2-4-14(15)16(20)19-10-11-22-17(19)12-6-8-13(18)9-7-12/h2-9,17H,10-11H2,1H3/t17-/m1/s1. The maximum atomic E-state index is 13.1. The van der Waals surface area contributed by atoms with Gasteiger partial charge in [-0.2, -0.15) is 0 Å². The molecule has 0 saturated carbocycles. The van der Waals surface area contributed by atoms with Crippen LogP contribution in [0, 0.1) is 5.82 Å². The Hall–Kier alpha value is -2.01. The van der Waals surface area contributed by atoms with Crippen molar-refractivity contribution in [2.45, 2.75) is 5.37 Å². The van der Waals surface area contributed by atoms with Crippen LogP contribution >= 0.6 is 11.8 Å². The Morgan fingerprint density at radius 2 is 1.95 bits per heavy atom. The topological polar surface area (TPSA) is 29.5 Å². The van der Waals surface area contributed by atoms with Crippen LogP contribution in [0.1, 0.15) is 21.3 Å². The highest BCUT2D eigenvalue weighted by molar-refractivity contribution is 7.99. The van der Waals surface area contributed by atoms with E-state index in [2.05, 4.69) is 0 Å². The van der Waals surface area contributed by atoms with Gasteiger partial charge in [-0.1, -0.05) is 24.3 Å². The van der Waals surface area contributed by atoms with Gasteiger partial charge in [0, 0.05) is 12.3 Å². The number of carbonyl (C=O) groups excluding carboxylic acids is 1. The molecule has 1 amide bonds. The first kappa shape index (κ1) is 14.9. The van der Waals surface area contributed by atoms with Gasteiger partial charge in [0.25, 0.3) is 5.91 Å². The minimum Gasteiger partial charge on any atom is -0.496 e. The smallest absolute Gasteiger partial charge is 0.258 e. The van der Waals surface area contributed by atoms with Crippen molar-refractivity contribution < 1.29 is 13.9 Å². The summed E-state index contributed by atoms with van der Waals surface area (Å²) in [6, 6.07) is 13.6. The monoisotopic (exact) mass is 317 g/mol. The summed E-state index contributed by atoms with van der Waals surface area (Å²) < 4.78 is 18.4. The Kier molecular flexibility index (Phi) is 4.34. The van der Waals surface area contributed by atoms with E-state index in [0.717, 1.165) is 11.3 Å². The highest BCUT2D eigenvalue weighted by Crippen LogP contribution is 2.39. The summed E-state index contributed by atoms with van der Waals surface area (Å²) >= 11 is 1.69. The van der Waals surface area contributed by atoms with Crippen LogP contribution in [0.2, 0.25) is 0 Å². The Balaban J connectivity index is 1.89. The van der Waals surface area contributed by atoms with Crippen molar-refractivity contribution in [3.63, 3.8) is 0 Å². The number of benzene rings is 2. The van der Waals surface area contributed by atoms with Gasteiger partial charge in [0.1, 0.15) is 16.9 Å². The molecule has 0 radical (unpaired) electrons. The summed E-state index contributed by atoms with van der Waals surface area (Å²) in [4.78, 5) is 14.7. The molecule has 1 aliphatic heterocycles. The summed E-state index contributed by atoms with van der Waals surface area (Å²) in [6.07, 6.45) is 0. The summed E-state index contributed by atoms with van der Waals surface area (Å²) in [5.41, 5.74) is 1.49. The third kappa shape index (κ3) is 2.81. The van der Waals surface area contributed by atoms with Crippen LogP contribution in [0.4, 0.5) is 4.39 Å². The second-order valence-corrected chi connectivity index (χ2v) is 6.16. The summed E-state index contributed by atoms with van der Waals surface area (Å²) in [5.74, 6) is 1.11. The molecule has 1 atom stereocenters. The molecule has 114 valence electrons. The molecule has 5 heteroatoms. The zero-order valence-corrected chi connectivity index (χ0v) is 13.0. The molecule has 22 heavy (non-hydrogen) atoms. The molecule has 0 spiro atoms. The van der Waals surface area contributed by atoms with Gasteiger partial charge in [-0.05, 0) is 29.8 Å². The number of para-hydroxylation sites is 1. The Labute approximate surface area is 133 Å². The normalized spacial score (nSPS) is 17.5. The molecule has 0 aliphatic carbocycles. The van der Waals surface area contributed by atoms with Crippen molar-refractivity contribution in [3.8, 4) is 5.75 Å². The molecular weight excluding hydrogens is 301 g/mol. The number of carbonyl (C=O) groups is 1. The largest absolute Gasteiger partial charge is 0.496 e. The molecule has 1 saturated heterocycles. The van der Waals surface area contributed by atoms with E-state index in [-0.39, 0.29) is 17.1 Å². The van der Waals surface area contributed by atoms with Crippen LogP contribution in [0.25, 0.3) is 0 Å². The van der Waals surface area contributed by atoms with Crippen LogP contribution < -0.4 is 4.74 Å². The molecular formula is C17H16FNO2S. The first-order chi connectivity index (χ1) is 10.7. The number of nitrogens with zero attached hydrogens (tertiary/aromatic N) is 1. The quantitative estimate of drug-likeness (QED) is 0.864. The van der Waals surface area contributed by atoms with Crippen LogP contribution in [-0.2, 0) is 0 Å². The Morgan fingerprint density at radius 3 is 2.68 bits per heavy atom. The van der Waals surface area contributed by atoms with Crippen LogP contribution in [0.5, 0.6) is 5.75 Å². The predicted octanol–water partition coefficient (Wildman–Crippen LogP) is 3.72. The van der Waals surface area contributed by atoms with E-state index >= 15 is 0 Å². The zero-order valence-electron chi connectivity index (χ0n) is 12.2. The number of hydrogen-bond donors (Lipinski definition) is 0. The van der Waals surface area contributed by atoms with Gasteiger partial charge in [-0.25, -0.2) is 4.39 Å². The van der Waals surface area contributed by atoms with Gasteiger partial charge in [-0.15, -0.1) is 11.8 Å². The number of amides is 1. The average molecular weight is 317 g/mol. The number of rotatable bonds is 3. The van der Waals surface area contributed by atoms with Crippen molar-refractivity contribution >= 4 is 17.7 Å². The first-order valence-electron chi connectivity index (χ1n) is 7.02. The maximum Gasteiger partial charge on any atom is 0.258 e. The van der Waals surface area contributed by atoms with Gasteiger partial charge in [0.05, 0.1) is 12.7 Å². The van der Waals surface area contributed by atoms with Gasteiger partial charge in [-0.3, -0.25) is 4.79 Å². The molecule has 0 N–H and O–H groups in total. The molecule has 2 aromatic carbocycles. The van der Waals surface area contributed by atoms with Gasteiger partial charge in [0.15, 0.2) is 0 Å². The number of methoxy groups -OCH3 is 1. The van der Waals surface area contributed by atoms with Gasteiger partial charge >= 0.3 is 0 Å². The zero-order chi connectivity index (χ0) is 15.5. The fourth-order valence-electron chi connectivity index (χ4n) is 2.56. The molecule has 2 aromatic rings. The lowest BCUT2D eigenvalue weighted by Gasteiger charge is -2.25. The molecule has 0 bridgehead atoms. The predicted molar refractivity (Wildman–Crippen MR) is 85.6 cm³/mol. The van der Waals surface area contributed by atoms with Crippen LogP contribution in [0.15, 0.2) is 48.5 Å². The van der Waals surface area contributed by atoms with E-state index in [1.54, 1.807) is 43.1 Å². The minimum absolute atomic E-state index is 0.0585. The van der Waals surface area contributed by atoms with E-state index in [4.69, 9.17) is 4.74 Å². The second-order valence-electron chi connectivity index (χ2n) is 4.97. The fraction of sp³-hybridized carbons (Fsp3) is 0.235. The number of halogens is 1. The SMILES string of the molecule is COc1ccccc1C(=O)N1CCS[C@@H]1c1ccc(F)cc1. The van der Waals surface area contributed by atoms with Crippen LogP contribution in [0.3, 0.4) is 0 Å². The van der Waals surface area contributed by atoms with E-state index in [1.165, 1.54) is 12.1 Å². The van der Waals surface area contributed by atoms with E-state index in [9.17, 15) is 9.18 Å². The first-order valence-corrected chi connectivity index (χ1v) is 8.06. The number of hydrogen-bond acceptors (Lipinski definition) is 3. The van der Waals surface area contributed by atoms with Crippen LogP contribution in [-0.4, -0.2) is 30.2 Å². The highest BCUT2D eigenvalue weighted by Gasteiger charge is 2.32. The summed E-state index contributed by atoms with van der Waals surface area (Å²) in [7, 11) is 1.56. The summed E-state index contributed by atoms with van der Waals surface area (Å²) in [5, 5.41) is -0.0852. The lowest BCUT2D eigenvalue weighted by molar-refractivity contribution is 0.0757. The van der Waals surface area contributed by atoms with Crippen molar-refractivity contribution in [2.24, 2.45) is 0 Å². The summed E-state index contributed by atoms with van der Waals surface area (Å²) in [6.45, 7) is 0.670. The third-order valence-corrected chi connectivity index (χ3v) is 4.91. The van der Waals surface area contributed by atoms with E-state index in [0.29, 0.717) is 17.9 Å². The van der Waals surface area contributed by atoms with Crippen molar-refractivity contribution in [3.05, 3.63) is 65.5 Å². The lowest BCUT2D eigenvalue weighted by Crippen LogP contribution is -2.30. The second kappa shape index (κ2) is 6.40. The molecule has 0 unspecified atom stereocenters. The third-order valence-electron chi connectivity index (χ3n) is 3.64. The number of ether oxygens (including phenoxy) is 1. The maximum absolute atomic E-state index is 13.1. The van der Waals surface area contributed by atoms with Crippen molar-refractivity contribution in [1.82, 2.24) is 4.90 Å². The highest BCUT2D eigenvalue weighted by atomic mass is 32.2. The molecule has 0 aromatic heterocycles. The Bertz CT molecular complexity index is 675. The molecule has 1 heterocycles. The Morgan fingerprint density at radius 1 is 1.23 bits per heavy atom. The molecule has 3 nitrogen and oxygen atoms in total. The lowest BCUT2D eigenvalue weighted by atomic mass is 10.1. The van der Waals surface area contributed by atoms with Crippen molar-refractivity contribution in [1.29, 1.82) is 0 Å². The van der Waals surface area contributed by atoms with Gasteiger partial charge < -0.3 is 9.64 Å². The molecule has 1 fully saturated rings. The molecule has 1 aliphatic rings. The average Bonchev–Trinajstić information content (AvgIpc) is 3.04. The molecule has 3 rings (SSSR count). The van der Waals surface area contributed by atoms with Crippen molar-refractivity contribution in [2.75, 3.05) is 19.4 Å². The van der Waals surface area contributed by atoms with Gasteiger partial charge in [0.2, 0.25) is 0 Å². The minimum atomic E-state index is -0.269. The van der Waals surface area contributed by atoms with E-state index in [1.807, 2.05) is 17.0 Å². The fourth-order valence-corrected chi connectivity index (χ4v) is 3.81.